The fraction of sp³-hybridized carbons (Fsp3) is 1.00. The van der Waals surface area contributed by atoms with Crippen molar-refractivity contribution in [3.05, 3.63) is 0 Å². The molecule has 2 aliphatic rings. The second-order valence-electron chi connectivity index (χ2n) is 7.61. The fourth-order valence-corrected chi connectivity index (χ4v) is 4.16. The molecule has 0 spiro atoms. The normalized spacial score (nSPS) is 37.7. The van der Waals surface area contributed by atoms with Crippen LogP contribution in [0.2, 0.25) is 0 Å². The molecule has 2 rings (SSSR count). The van der Waals surface area contributed by atoms with E-state index in [1.165, 1.54) is 51.4 Å². The molecule has 3 N–H and O–H groups in total. The van der Waals surface area contributed by atoms with Crippen LogP contribution in [0.3, 0.4) is 0 Å². The van der Waals surface area contributed by atoms with E-state index in [0.29, 0.717) is 11.3 Å². The number of hydrogen-bond acceptors (Lipinski definition) is 2. The van der Waals surface area contributed by atoms with Crippen molar-refractivity contribution in [2.45, 2.75) is 83.7 Å². The van der Waals surface area contributed by atoms with E-state index in [1.807, 2.05) is 0 Å². The lowest BCUT2D eigenvalue weighted by Gasteiger charge is -2.50. The van der Waals surface area contributed by atoms with Gasteiger partial charge in [0.15, 0.2) is 0 Å². The van der Waals surface area contributed by atoms with E-state index in [9.17, 15) is 0 Å². The molecule has 0 aromatic heterocycles. The summed E-state index contributed by atoms with van der Waals surface area (Å²) in [6, 6.07) is 0.728. The highest BCUT2D eigenvalue weighted by Crippen LogP contribution is 2.44. The summed E-state index contributed by atoms with van der Waals surface area (Å²) in [4.78, 5) is 0. The lowest BCUT2D eigenvalue weighted by molar-refractivity contribution is 0.0647. The maximum absolute atomic E-state index is 6.17. The highest BCUT2D eigenvalue weighted by Gasteiger charge is 2.43. The van der Waals surface area contributed by atoms with Crippen LogP contribution in [0.25, 0.3) is 0 Å². The summed E-state index contributed by atoms with van der Waals surface area (Å²) < 4.78 is 0. The molecule has 2 nitrogen and oxygen atoms in total. The molecule has 2 atom stereocenters. The molecule has 0 heterocycles. The summed E-state index contributed by atoms with van der Waals surface area (Å²) in [6.45, 7) is 8.03. The molecule has 0 amide bonds. The number of rotatable bonds is 3. The van der Waals surface area contributed by atoms with Gasteiger partial charge in [-0.2, -0.15) is 0 Å². The number of nitrogens with one attached hydrogen (secondary N) is 1. The first-order chi connectivity index (χ1) is 8.47. The average molecular weight is 252 g/mol. The lowest BCUT2D eigenvalue weighted by Crippen LogP contribution is -2.62. The molecule has 0 aromatic carbocycles. The van der Waals surface area contributed by atoms with Gasteiger partial charge in [-0.05, 0) is 43.4 Å². The molecule has 2 fully saturated rings. The van der Waals surface area contributed by atoms with Gasteiger partial charge in [0.2, 0.25) is 0 Å². The van der Waals surface area contributed by atoms with Crippen molar-refractivity contribution >= 4 is 0 Å². The maximum atomic E-state index is 6.17. The van der Waals surface area contributed by atoms with Crippen LogP contribution in [-0.4, -0.2) is 18.1 Å². The lowest BCUT2D eigenvalue weighted by atomic mass is 9.63. The van der Waals surface area contributed by atoms with Gasteiger partial charge in [-0.1, -0.05) is 40.0 Å². The molecule has 0 aromatic rings. The largest absolute Gasteiger partial charge is 0.329 e. The first-order valence-corrected chi connectivity index (χ1v) is 7.95. The molecule has 2 unspecified atom stereocenters. The summed E-state index contributed by atoms with van der Waals surface area (Å²) in [7, 11) is 0. The van der Waals surface area contributed by atoms with Gasteiger partial charge >= 0.3 is 0 Å². The first-order valence-electron chi connectivity index (χ1n) is 7.95. The Balaban J connectivity index is 2.01. The monoisotopic (exact) mass is 252 g/mol. The highest BCUT2D eigenvalue weighted by molar-refractivity contribution is 5.02. The zero-order valence-corrected chi connectivity index (χ0v) is 12.6. The van der Waals surface area contributed by atoms with Crippen LogP contribution in [0.15, 0.2) is 0 Å². The summed E-state index contributed by atoms with van der Waals surface area (Å²) in [5.41, 5.74) is 6.90. The van der Waals surface area contributed by atoms with Gasteiger partial charge in [0, 0.05) is 18.1 Å². The zero-order chi connectivity index (χ0) is 13.2. The van der Waals surface area contributed by atoms with Crippen LogP contribution < -0.4 is 11.1 Å². The predicted octanol–water partition coefficient (Wildman–Crippen LogP) is 3.45. The van der Waals surface area contributed by atoms with Crippen molar-refractivity contribution in [1.82, 2.24) is 5.32 Å². The van der Waals surface area contributed by atoms with Crippen LogP contribution in [0.5, 0.6) is 0 Å². The summed E-state index contributed by atoms with van der Waals surface area (Å²) >= 11 is 0. The minimum absolute atomic E-state index is 0.220. The van der Waals surface area contributed by atoms with Crippen molar-refractivity contribution in [1.29, 1.82) is 0 Å². The Morgan fingerprint density at radius 1 is 1.11 bits per heavy atom. The van der Waals surface area contributed by atoms with Crippen LogP contribution in [0.4, 0.5) is 0 Å². The van der Waals surface area contributed by atoms with Crippen molar-refractivity contribution in [3.8, 4) is 0 Å². The Morgan fingerprint density at radius 3 is 2.33 bits per heavy atom. The zero-order valence-electron chi connectivity index (χ0n) is 12.6. The molecule has 2 saturated carbocycles. The third kappa shape index (κ3) is 3.08. The Hall–Kier alpha value is -0.0800. The molecule has 18 heavy (non-hydrogen) atoms. The quantitative estimate of drug-likeness (QED) is 0.807. The summed E-state index contributed by atoms with van der Waals surface area (Å²) in [5.74, 6) is 0.702. The smallest absolute Gasteiger partial charge is 0.0332 e. The Labute approximate surface area is 113 Å². The van der Waals surface area contributed by atoms with Crippen LogP contribution >= 0.6 is 0 Å². The van der Waals surface area contributed by atoms with E-state index in [0.717, 1.165) is 12.6 Å². The van der Waals surface area contributed by atoms with Crippen molar-refractivity contribution < 1.29 is 0 Å². The fourth-order valence-electron chi connectivity index (χ4n) is 4.16. The summed E-state index contributed by atoms with van der Waals surface area (Å²) in [5, 5.41) is 3.98. The SMILES string of the molecule is CC1CC(C)(C)CCC1(CN)NC1CCCCC1. The van der Waals surface area contributed by atoms with E-state index in [4.69, 9.17) is 5.73 Å². The molecular formula is C16H32N2. The van der Waals surface area contributed by atoms with E-state index < -0.39 is 0 Å². The van der Waals surface area contributed by atoms with Gasteiger partial charge in [-0.15, -0.1) is 0 Å². The first kappa shape index (κ1) is 14.3. The number of nitrogens with two attached hydrogens (primary N) is 1. The molecule has 2 heteroatoms. The van der Waals surface area contributed by atoms with Crippen LogP contribution in [0.1, 0.15) is 72.1 Å². The van der Waals surface area contributed by atoms with Crippen molar-refractivity contribution in [2.75, 3.05) is 6.54 Å². The highest BCUT2D eigenvalue weighted by atomic mass is 15.0. The molecule has 0 saturated heterocycles. The van der Waals surface area contributed by atoms with Crippen molar-refractivity contribution in [2.24, 2.45) is 17.1 Å². The van der Waals surface area contributed by atoms with Gasteiger partial charge in [-0.25, -0.2) is 0 Å². The van der Waals surface area contributed by atoms with Gasteiger partial charge < -0.3 is 11.1 Å². The summed E-state index contributed by atoms with van der Waals surface area (Å²) in [6.07, 6.45) is 10.8. The third-order valence-corrected chi connectivity index (χ3v) is 5.51. The Kier molecular flexibility index (Phi) is 4.38. The Bertz CT molecular complexity index is 268. The van der Waals surface area contributed by atoms with E-state index in [-0.39, 0.29) is 5.54 Å². The Morgan fingerprint density at radius 2 is 1.78 bits per heavy atom. The minimum atomic E-state index is 0.220. The van der Waals surface area contributed by atoms with Gasteiger partial charge in [0.25, 0.3) is 0 Å². The van der Waals surface area contributed by atoms with Gasteiger partial charge in [0.05, 0.1) is 0 Å². The predicted molar refractivity (Wildman–Crippen MR) is 78.6 cm³/mol. The van der Waals surface area contributed by atoms with E-state index in [2.05, 4.69) is 26.1 Å². The average Bonchev–Trinajstić information content (AvgIpc) is 2.34. The molecule has 0 bridgehead atoms. The molecular weight excluding hydrogens is 220 g/mol. The minimum Gasteiger partial charge on any atom is -0.329 e. The second-order valence-corrected chi connectivity index (χ2v) is 7.61. The second kappa shape index (κ2) is 5.50. The molecule has 106 valence electrons. The molecule has 2 aliphatic carbocycles. The van der Waals surface area contributed by atoms with Gasteiger partial charge in [0.1, 0.15) is 0 Å². The topological polar surface area (TPSA) is 38.0 Å². The molecule has 0 radical (unpaired) electrons. The van der Waals surface area contributed by atoms with E-state index in [1.54, 1.807) is 0 Å². The van der Waals surface area contributed by atoms with E-state index >= 15 is 0 Å². The van der Waals surface area contributed by atoms with Gasteiger partial charge in [-0.3, -0.25) is 0 Å². The number of hydrogen-bond donors (Lipinski definition) is 2. The molecule has 0 aliphatic heterocycles. The maximum Gasteiger partial charge on any atom is 0.0332 e. The van der Waals surface area contributed by atoms with Crippen LogP contribution in [0, 0.1) is 11.3 Å². The van der Waals surface area contributed by atoms with Crippen LogP contribution in [-0.2, 0) is 0 Å². The van der Waals surface area contributed by atoms with Crippen molar-refractivity contribution in [3.63, 3.8) is 0 Å². The standard InChI is InChI=1S/C16H32N2/c1-13-11-15(2,3)9-10-16(13,12-17)18-14-7-5-4-6-8-14/h13-14,18H,4-12,17H2,1-3H3. The third-order valence-electron chi connectivity index (χ3n) is 5.51.